The van der Waals surface area contributed by atoms with Gasteiger partial charge in [-0.15, -0.1) is 12.3 Å². The summed E-state index contributed by atoms with van der Waals surface area (Å²) in [6.45, 7) is 3.03. The Morgan fingerprint density at radius 2 is 2.32 bits per heavy atom. The van der Waals surface area contributed by atoms with Gasteiger partial charge < -0.3 is 10.1 Å². The van der Waals surface area contributed by atoms with E-state index in [1.54, 1.807) is 23.3 Å². The van der Waals surface area contributed by atoms with Crippen LogP contribution >= 0.6 is 0 Å². The lowest BCUT2D eigenvalue weighted by atomic mass is 10.5. The summed E-state index contributed by atoms with van der Waals surface area (Å²) < 4.78 is 7.07. The average Bonchev–Trinajstić information content (AvgIpc) is 2.93. The molecule has 7 nitrogen and oxygen atoms in total. The maximum atomic E-state index is 5.39. The number of hydrogen-bond donors (Lipinski definition) is 1. The molecule has 0 radical (unpaired) electrons. The van der Waals surface area contributed by atoms with Crippen LogP contribution in [-0.4, -0.2) is 37.7 Å². The van der Waals surface area contributed by atoms with Crippen molar-refractivity contribution in [1.82, 2.24) is 24.5 Å². The van der Waals surface area contributed by atoms with Crippen LogP contribution in [-0.2, 0) is 0 Å². The van der Waals surface area contributed by atoms with Crippen LogP contribution in [0.3, 0.4) is 0 Å². The van der Waals surface area contributed by atoms with Crippen molar-refractivity contribution in [2.24, 2.45) is 0 Å². The van der Waals surface area contributed by atoms with Crippen LogP contribution in [0.2, 0.25) is 0 Å². The second kappa shape index (κ2) is 6.35. The van der Waals surface area contributed by atoms with E-state index in [9.17, 15) is 0 Å². The number of nitrogens with zero attached hydrogens (tertiary/aromatic N) is 5. The van der Waals surface area contributed by atoms with Gasteiger partial charge in [0.25, 0.3) is 0 Å². The largest absolute Gasteiger partial charge is 0.462 e. The first-order valence-corrected chi connectivity index (χ1v) is 5.88. The van der Waals surface area contributed by atoms with Crippen LogP contribution in [0.4, 0.5) is 5.95 Å². The summed E-state index contributed by atoms with van der Waals surface area (Å²) in [5.41, 5.74) is 0. The van der Waals surface area contributed by atoms with Gasteiger partial charge in [0.2, 0.25) is 11.9 Å². The molecule has 0 fully saturated rings. The minimum Gasteiger partial charge on any atom is -0.462 e. The quantitative estimate of drug-likeness (QED) is 0.612. The molecule has 0 bridgehead atoms. The van der Waals surface area contributed by atoms with Crippen molar-refractivity contribution in [3.8, 4) is 24.3 Å². The van der Waals surface area contributed by atoms with Gasteiger partial charge in [-0.1, -0.05) is 0 Å². The highest BCUT2D eigenvalue weighted by atomic mass is 16.5. The maximum Gasteiger partial charge on any atom is 0.323 e. The number of imidazole rings is 1. The van der Waals surface area contributed by atoms with E-state index in [4.69, 9.17) is 11.2 Å². The molecule has 0 aliphatic heterocycles. The third-order valence-corrected chi connectivity index (χ3v) is 2.15. The second-order valence-electron chi connectivity index (χ2n) is 3.54. The molecule has 0 amide bonds. The van der Waals surface area contributed by atoms with Gasteiger partial charge in [0.05, 0.1) is 0 Å². The fourth-order valence-corrected chi connectivity index (χ4v) is 1.34. The summed E-state index contributed by atoms with van der Waals surface area (Å²) in [5, 5.41) is 3.02. The van der Waals surface area contributed by atoms with Gasteiger partial charge in [0.1, 0.15) is 12.9 Å². The lowest BCUT2D eigenvalue weighted by Gasteiger charge is -2.08. The van der Waals surface area contributed by atoms with Crippen molar-refractivity contribution in [2.75, 3.05) is 18.5 Å². The number of nitrogens with one attached hydrogen (secondary N) is 1. The molecule has 2 rings (SSSR count). The van der Waals surface area contributed by atoms with Crippen LogP contribution in [0.25, 0.3) is 5.95 Å². The molecule has 2 aromatic heterocycles. The molecular weight excluding hydrogens is 244 g/mol. The predicted molar refractivity (Wildman–Crippen MR) is 70.1 cm³/mol. The first kappa shape index (κ1) is 12.8. The molecule has 0 spiro atoms. The third kappa shape index (κ3) is 3.42. The highest BCUT2D eigenvalue weighted by molar-refractivity contribution is 5.30. The van der Waals surface area contributed by atoms with Gasteiger partial charge in [-0.25, -0.2) is 4.98 Å². The fourth-order valence-electron chi connectivity index (χ4n) is 1.34. The summed E-state index contributed by atoms with van der Waals surface area (Å²) in [6.07, 6.45) is 10.7. The number of terminal acetylenes is 1. The zero-order valence-corrected chi connectivity index (χ0v) is 10.6. The summed E-state index contributed by atoms with van der Waals surface area (Å²) in [6, 6.07) is 0.241. The molecule has 2 heterocycles. The molecule has 7 heteroatoms. The Labute approximate surface area is 111 Å². The summed E-state index contributed by atoms with van der Waals surface area (Å²) in [4.78, 5) is 16.6. The standard InChI is InChI=1S/C12H14N6O/c1-3-5-8-19-12-16-10(14-4-2)15-11(17-12)18-7-6-13-9-18/h1,6-7,9H,4-5,8H2,2H3,(H,14,15,16,17). The monoisotopic (exact) mass is 258 g/mol. The van der Waals surface area contributed by atoms with E-state index >= 15 is 0 Å². The molecular formula is C12H14N6O. The molecule has 0 aliphatic carbocycles. The van der Waals surface area contributed by atoms with Gasteiger partial charge >= 0.3 is 6.01 Å². The van der Waals surface area contributed by atoms with E-state index in [-0.39, 0.29) is 6.01 Å². The zero-order valence-electron chi connectivity index (χ0n) is 10.6. The van der Waals surface area contributed by atoms with Crippen molar-refractivity contribution >= 4 is 5.95 Å². The molecule has 19 heavy (non-hydrogen) atoms. The zero-order chi connectivity index (χ0) is 13.5. The van der Waals surface area contributed by atoms with Gasteiger partial charge in [-0.05, 0) is 6.92 Å². The number of anilines is 1. The van der Waals surface area contributed by atoms with Crippen molar-refractivity contribution in [3.05, 3.63) is 18.7 Å². The lowest BCUT2D eigenvalue weighted by Crippen LogP contribution is -2.10. The minimum atomic E-state index is 0.241. The first-order chi connectivity index (χ1) is 9.33. The molecule has 0 atom stereocenters. The van der Waals surface area contributed by atoms with Crippen LogP contribution in [0.5, 0.6) is 6.01 Å². The van der Waals surface area contributed by atoms with Gasteiger partial charge in [0, 0.05) is 25.4 Å². The van der Waals surface area contributed by atoms with E-state index < -0.39 is 0 Å². The van der Waals surface area contributed by atoms with Crippen molar-refractivity contribution < 1.29 is 4.74 Å². The smallest absolute Gasteiger partial charge is 0.323 e. The Kier molecular flexibility index (Phi) is 4.29. The topological polar surface area (TPSA) is 77.8 Å². The Hall–Kier alpha value is -2.62. The van der Waals surface area contributed by atoms with E-state index in [1.807, 2.05) is 6.92 Å². The SMILES string of the molecule is C#CCCOc1nc(NCC)nc(-n2ccnc2)n1. The normalized spacial score (nSPS) is 9.89. The van der Waals surface area contributed by atoms with Crippen molar-refractivity contribution in [1.29, 1.82) is 0 Å². The number of hydrogen-bond acceptors (Lipinski definition) is 6. The first-order valence-electron chi connectivity index (χ1n) is 5.88. The molecule has 0 unspecified atom stereocenters. The van der Waals surface area contributed by atoms with Crippen LogP contribution in [0, 0.1) is 12.3 Å². The second-order valence-corrected chi connectivity index (χ2v) is 3.54. The van der Waals surface area contributed by atoms with Crippen LogP contribution in [0.15, 0.2) is 18.7 Å². The van der Waals surface area contributed by atoms with Gasteiger partial charge in [-0.2, -0.15) is 15.0 Å². The Balaban J connectivity index is 2.25. The molecule has 98 valence electrons. The Morgan fingerprint density at radius 3 is 3.00 bits per heavy atom. The predicted octanol–water partition coefficient (Wildman–Crippen LogP) is 0.891. The van der Waals surface area contributed by atoms with Crippen LogP contribution in [0.1, 0.15) is 13.3 Å². The summed E-state index contributed by atoms with van der Waals surface area (Å²) >= 11 is 0. The average molecular weight is 258 g/mol. The van der Waals surface area contributed by atoms with Crippen molar-refractivity contribution in [3.63, 3.8) is 0 Å². The fraction of sp³-hybridized carbons (Fsp3) is 0.333. The maximum absolute atomic E-state index is 5.39. The number of rotatable bonds is 6. The van der Waals surface area contributed by atoms with E-state index in [0.29, 0.717) is 31.5 Å². The highest BCUT2D eigenvalue weighted by Crippen LogP contribution is 2.11. The molecule has 0 aromatic carbocycles. The van der Waals surface area contributed by atoms with E-state index in [1.165, 1.54) is 0 Å². The van der Waals surface area contributed by atoms with E-state index in [0.717, 1.165) is 0 Å². The minimum absolute atomic E-state index is 0.241. The molecule has 0 saturated heterocycles. The Morgan fingerprint density at radius 1 is 1.42 bits per heavy atom. The lowest BCUT2D eigenvalue weighted by molar-refractivity contribution is 0.300. The third-order valence-electron chi connectivity index (χ3n) is 2.15. The summed E-state index contributed by atoms with van der Waals surface area (Å²) in [5.74, 6) is 3.39. The number of ether oxygens (including phenoxy) is 1. The summed E-state index contributed by atoms with van der Waals surface area (Å²) in [7, 11) is 0. The molecule has 2 aromatic rings. The molecule has 1 N–H and O–H groups in total. The molecule has 0 aliphatic rings. The van der Waals surface area contributed by atoms with Crippen LogP contribution < -0.4 is 10.1 Å². The van der Waals surface area contributed by atoms with Crippen molar-refractivity contribution in [2.45, 2.75) is 13.3 Å². The van der Waals surface area contributed by atoms with Gasteiger partial charge in [0.15, 0.2) is 0 Å². The highest BCUT2D eigenvalue weighted by Gasteiger charge is 2.08. The number of aromatic nitrogens is 5. The van der Waals surface area contributed by atoms with Gasteiger partial charge in [-0.3, -0.25) is 4.57 Å². The van der Waals surface area contributed by atoms with E-state index in [2.05, 4.69) is 31.2 Å². The Bertz CT molecular complexity index is 560. The molecule has 0 saturated carbocycles.